The summed E-state index contributed by atoms with van der Waals surface area (Å²) in [5.41, 5.74) is 3.39. The number of nitrogens with zero attached hydrogens (tertiary/aromatic N) is 2. The van der Waals surface area contributed by atoms with Crippen LogP contribution in [0.2, 0.25) is 5.02 Å². The largest absolute Gasteiger partial charge is 0.497 e. The molecule has 3 aromatic carbocycles. The summed E-state index contributed by atoms with van der Waals surface area (Å²) in [6.07, 6.45) is 0. The quantitative estimate of drug-likeness (QED) is 0.438. The number of carbonyl (C=O) groups excluding carboxylic acids is 2. The summed E-state index contributed by atoms with van der Waals surface area (Å²) in [5.74, 6) is 0.419. The fourth-order valence-electron chi connectivity index (χ4n) is 3.50. The maximum atomic E-state index is 12.9. The monoisotopic (exact) mass is 418 g/mol. The number of rotatable bonds is 4. The summed E-state index contributed by atoms with van der Waals surface area (Å²) >= 11 is 6.01. The van der Waals surface area contributed by atoms with Gasteiger partial charge in [-0.15, -0.1) is 0 Å². The first-order chi connectivity index (χ1) is 14.5. The average molecular weight is 419 g/mol. The summed E-state index contributed by atoms with van der Waals surface area (Å²) in [5, 5.41) is 0.561. The van der Waals surface area contributed by atoms with E-state index in [4.69, 9.17) is 20.8 Å². The van der Waals surface area contributed by atoms with E-state index in [0.717, 1.165) is 5.56 Å². The zero-order valence-electron chi connectivity index (χ0n) is 15.9. The number of oxazole rings is 1. The summed E-state index contributed by atoms with van der Waals surface area (Å²) < 4.78 is 10.9. The van der Waals surface area contributed by atoms with Crippen LogP contribution in [0.5, 0.6) is 5.75 Å². The molecule has 1 aliphatic heterocycles. The Bertz CT molecular complexity index is 1310. The molecule has 4 aromatic rings. The van der Waals surface area contributed by atoms with Crippen molar-refractivity contribution < 1.29 is 18.7 Å². The Morgan fingerprint density at radius 2 is 1.73 bits per heavy atom. The van der Waals surface area contributed by atoms with E-state index in [1.54, 1.807) is 55.6 Å². The van der Waals surface area contributed by atoms with E-state index in [-0.39, 0.29) is 18.4 Å². The first-order valence-corrected chi connectivity index (χ1v) is 9.61. The van der Waals surface area contributed by atoms with Crippen molar-refractivity contribution in [3.8, 4) is 17.2 Å². The standard InChI is InChI=1S/C23H15ClN2O4/c1-29-16-6-2-13(3-7-16)12-26-22(27)17-8-4-14(10-18(17)23(26)28)21-25-19-11-15(24)5-9-20(19)30-21/h2-11H,12H2,1H3. The molecule has 2 amide bonds. The van der Waals surface area contributed by atoms with Crippen molar-refractivity contribution in [3.63, 3.8) is 0 Å². The third kappa shape index (κ3) is 3.02. The Morgan fingerprint density at radius 1 is 0.967 bits per heavy atom. The van der Waals surface area contributed by atoms with Crippen LogP contribution in [0, 0.1) is 0 Å². The molecule has 6 nitrogen and oxygen atoms in total. The van der Waals surface area contributed by atoms with Crippen LogP contribution in [0.15, 0.2) is 65.1 Å². The lowest BCUT2D eigenvalue weighted by Crippen LogP contribution is -2.29. The Hall–Kier alpha value is -3.64. The van der Waals surface area contributed by atoms with Gasteiger partial charge in [-0.1, -0.05) is 23.7 Å². The Morgan fingerprint density at radius 3 is 2.50 bits per heavy atom. The molecular formula is C23H15ClN2O4. The van der Waals surface area contributed by atoms with E-state index in [9.17, 15) is 9.59 Å². The lowest BCUT2D eigenvalue weighted by Gasteiger charge is -2.14. The highest BCUT2D eigenvalue weighted by molar-refractivity contribution is 6.31. The summed E-state index contributed by atoms with van der Waals surface area (Å²) in [6.45, 7) is 0.188. The first kappa shape index (κ1) is 18.4. The molecule has 0 saturated heterocycles. The Kier molecular flexibility index (Phi) is 4.29. The van der Waals surface area contributed by atoms with Crippen molar-refractivity contribution in [2.75, 3.05) is 7.11 Å². The van der Waals surface area contributed by atoms with Crippen LogP contribution in [-0.4, -0.2) is 28.8 Å². The number of imide groups is 1. The second kappa shape index (κ2) is 7.00. The number of hydrogen-bond donors (Lipinski definition) is 0. The minimum atomic E-state index is -0.341. The number of fused-ring (bicyclic) bond motifs is 2. The van der Waals surface area contributed by atoms with E-state index in [2.05, 4.69) is 4.98 Å². The number of benzene rings is 3. The number of aromatic nitrogens is 1. The molecule has 1 aromatic heterocycles. The number of amides is 2. The highest BCUT2D eigenvalue weighted by Crippen LogP contribution is 2.31. The molecule has 1 aliphatic rings. The van der Waals surface area contributed by atoms with Crippen molar-refractivity contribution in [2.45, 2.75) is 6.54 Å². The Labute approximate surface area is 176 Å². The van der Waals surface area contributed by atoms with Gasteiger partial charge in [0.25, 0.3) is 11.8 Å². The smallest absolute Gasteiger partial charge is 0.261 e. The average Bonchev–Trinajstić information content (AvgIpc) is 3.28. The van der Waals surface area contributed by atoms with E-state index in [1.807, 2.05) is 12.1 Å². The fourth-order valence-corrected chi connectivity index (χ4v) is 3.67. The van der Waals surface area contributed by atoms with Gasteiger partial charge in [-0.25, -0.2) is 4.98 Å². The lowest BCUT2D eigenvalue weighted by atomic mass is 10.1. The third-order valence-corrected chi connectivity index (χ3v) is 5.30. The zero-order valence-corrected chi connectivity index (χ0v) is 16.6. The molecule has 7 heteroatoms. The predicted octanol–water partition coefficient (Wildman–Crippen LogP) is 4.95. The van der Waals surface area contributed by atoms with Gasteiger partial charge in [-0.2, -0.15) is 0 Å². The number of carbonyl (C=O) groups is 2. The topological polar surface area (TPSA) is 72.6 Å². The first-order valence-electron chi connectivity index (χ1n) is 9.23. The zero-order chi connectivity index (χ0) is 20.8. The molecule has 30 heavy (non-hydrogen) atoms. The van der Waals surface area contributed by atoms with E-state index >= 15 is 0 Å². The van der Waals surface area contributed by atoms with Crippen LogP contribution in [0.4, 0.5) is 0 Å². The van der Waals surface area contributed by atoms with Gasteiger partial charge < -0.3 is 9.15 Å². The second-order valence-electron chi connectivity index (χ2n) is 6.94. The summed E-state index contributed by atoms with van der Waals surface area (Å²) in [6, 6.07) is 17.4. The van der Waals surface area contributed by atoms with E-state index < -0.39 is 0 Å². The van der Waals surface area contributed by atoms with Gasteiger partial charge in [0, 0.05) is 10.6 Å². The SMILES string of the molecule is COc1ccc(CN2C(=O)c3ccc(-c4nc5cc(Cl)ccc5o4)cc3C2=O)cc1. The Balaban J connectivity index is 1.46. The molecule has 0 N–H and O–H groups in total. The molecule has 0 saturated carbocycles. The maximum Gasteiger partial charge on any atom is 0.261 e. The molecule has 0 spiro atoms. The highest BCUT2D eigenvalue weighted by atomic mass is 35.5. The van der Waals surface area contributed by atoms with Crippen LogP contribution in [0.3, 0.4) is 0 Å². The number of halogens is 1. The van der Waals surface area contributed by atoms with Crippen molar-refractivity contribution >= 4 is 34.5 Å². The second-order valence-corrected chi connectivity index (χ2v) is 7.37. The van der Waals surface area contributed by atoms with Crippen LogP contribution >= 0.6 is 11.6 Å². The third-order valence-electron chi connectivity index (χ3n) is 5.07. The van der Waals surface area contributed by atoms with Crippen LogP contribution < -0.4 is 4.74 Å². The van der Waals surface area contributed by atoms with Crippen molar-refractivity contribution in [1.29, 1.82) is 0 Å². The van der Waals surface area contributed by atoms with Crippen LogP contribution in [-0.2, 0) is 6.54 Å². The number of hydrogen-bond acceptors (Lipinski definition) is 5. The van der Waals surface area contributed by atoms with Gasteiger partial charge in [0.15, 0.2) is 5.58 Å². The fraction of sp³-hybridized carbons (Fsp3) is 0.0870. The van der Waals surface area contributed by atoms with Gasteiger partial charge in [-0.3, -0.25) is 14.5 Å². The van der Waals surface area contributed by atoms with Crippen molar-refractivity contribution in [1.82, 2.24) is 9.88 Å². The van der Waals surface area contributed by atoms with Gasteiger partial charge in [-0.05, 0) is 54.1 Å². The molecule has 0 aliphatic carbocycles. The normalized spacial score (nSPS) is 13.2. The molecule has 2 heterocycles. The molecule has 148 valence electrons. The molecular weight excluding hydrogens is 404 g/mol. The van der Waals surface area contributed by atoms with E-state index in [1.165, 1.54) is 4.90 Å². The molecule has 0 unspecified atom stereocenters. The molecule has 5 rings (SSSR count). The minimum absolute atomic E-state index is 0.188. The summed E-state index contributed by atoms with van der Waals surface area (Å²) in [4.78, 5) is 31.4. The van der Waals surface area contributed by atoms with Gasteiger partial charge in [0.1, 0.15) is 11.3 Å². The van der Waals surface area contributed by atoms with Crippen molar-refractivity contribution in [3.05, 3.63) is 82.4 Å². The minimum Gasteiger partial charge on any atom is -0.497 e. The summed E-state index contributed by atoms with van der Waals surface area (Å²) in [7, 11) is 1.59. The molecule has 0 atom stereocenters. The highest BCUT2D eigenvalue weighted by Gasteiger charge is 2.36. The van der Waals surface area contributed by atoms with Crippen LogP contribution in [0.1, 0.15) is 26.3 Å². The lowest BCUT2D eigenvalue weighted by molar-refractivity contribution is 0.0642. The van der Waals surface area contributed by atoms with Crippen molar-refractivity contribution in [2.24, 2.45) is 0 Å². The predicted molar refractivity (Wildman–Crippen MR) is 112 cm³/mol. The van der Waals surface area contributed by atoms with E-state index in [0.29, 0.717) is 44.5 Å². The number of methoxy groups -OCH3 is 1. The molecule has 0 radical (unpaired) electrons. The van der Waals surface area contributed by atoms with Gasteiger partial charge in [0.2, 0.25) is 5.89 Å². The molecule has 0 bridgehead atoms. The van der Waals surface area contributed by atoms with Crippen LogP contribution in [0.25, 0.3) is 22.6 Å². The van der Waals surface area contributed by atoms with Gasteiger partial charge in [0.05, 0.1) is 24.8 Å². The van der Waals surface area contributed by atoms with Gasteiger partial charge >= 0.3 is 0 Å². The maximum absolute atomic E-state index is 12.9. The number of ether oxygens (including phenoxy) is 1. The molecule has 0 fully saturated rings.